The molecule has 2 N–H and O–H groups in total. The molecule has 2 aliphatic heterocycles. The molecule has 7 nitrogen and oxygen atoms in total. The van der Waals surface area contributed by atoms with Crippen LogP contribution < -0.4 is 10.0 Å². The second-order valence-electron chi connectivity index (χ2n) is 7.18. The Morgan fingerprint density at radius 2 is 2.00 bits per heavy atom. The van der Waals surface area contributed by atoms with Crippen LogP contribution in [0.4, 0.5) is 0 Å². The molecule has 1 aliphatic carbocycles. The summed E-state index contributed by atoms with van der Waals surface area (Å²) in [6.45, 7) is 6.84. The number of halogens is 2. The summed E-state index contributed by atoms with van der Waals surface area (Å²) in [6.07, 6.45) is 2.28. The van der Waals surface area contributed by atoms with Gasteiger partial charge in [-0.2, -0.15) is 5.10 Å². The number of aryl methyl sites for hydroxylation is 1. The molecule has 10 heteroatoms. The highest BCUT2D eigenvalue weighted by atomic mass is 35.5. The van der Waals surface area contributed by atoms with E-state index in [1.807, 2.05) is 6.07 Å². The van der Waals surface area contributed by atoms with Gasteiger partial charge in [0.25, 0.3) is 0 Å². The van der Waals surface area contributed by atoms with E-state index in [0.717, 1.165) is 49.5 Å². The lowest BCUT2D eigenvalue weighted by molar-refractivity contribution is 0.246. The first-order valence-electron chi connectivity index (χ1n) is 8.43. The maximum absolute atomic E-state index is 11.2. The first-order chi connectivity index (χ1) is 11.0. The fraction of sp³-hybridized carbons (Fsp3) is 0.800. The van der Waals surface area contributed by atoms with Crippen LogP contribution >= 0.6 is 24.8 Å². The summed E-state index contributed by atoms with van der Waals surface area (Å²) in [6, 6.07) is 2.05. The van der Waals surface area contributed by atoms with Gasteiger partial charge < -0.3 is 5.32 Å². The topological polar surface area (TPSA) is 79.3 Å². The van der Waals surface area contributed by atoms with Crippen molar-refractivity contribution in [3.8, 4) is 0 Å². The first-order valence-corrected chi connectivity index (χ1v) is 10.3. The Bertz CT molecular complexity index is 686. The third-order valence-electron chi connectivity index (χ3n) is 5.40. The van der Waals surface area contributed by atoms with E-state index in [4.69, 9.17) is 0 Å². The van der Waals surface area contributed by atoms with Crippen LogP contribution in [-0.2, 0) is 29.7 Å². The van der Waals surface area contributed by atoms with E-state index in [1.54, 1.807) is 0 Å². The van der Waals surface area contributed by atoms with Crippen molar-refractivity contribution in [2.24, 2.45) is 17.8 Å². The van der Waals surface area contributed by atoms with Crippen LogP contribution in [0, 0.1) is 17.8 Å². The summed E-state index contributed by atoms with van der Waals surface area (Å²) in [4.78, 5) is 2.55. The van der Waals surface area contributed by atoms with E-state index in [2.05, 4.69) is 24.7 Å². The van der Waals surface area contributed by atoms with Gasteiger partial charge in [0.1, 0.15) is 0 Å². The van der Waals surface area contributed by atoms with Gasteiger partial charge in [0, 0.05) is 26.2 Å². The van der Waals surface area contributed by atoms with Gasteiger partial charge in [0.2, 0.25) is 10.0 Å². The molecule has 3 atom stereocenters. The smallest absolute Gasteiger partial charge is 0.209 e. The number of hydrogen-bond acceptors (Lipinski definition) is 5. The van der Waals surface area contributed by atoms with Gasteiger partial charge >= 0.3 is 0 Å². The van der Waals surface area contributed by atoms with Gasteiger partial charge in [-0.15, -0.1) is 24.8 Å². The van der Waals surface area contributed by atoms with Crippen molar-refractivity contribution in [2.75, 3.05) is 32.4 Å². The van der Waals surface area contributed by atoms with E-state index in [-0.39, 0.29) is 31.4 Å². The quantitative estimate of drug-likeness (QED) is 0.734. The number of rotatable bonds is 5. The first kappa shape index (κ1) is 20.9. The van der Waals surface area contributed by atoms with E-state index in [1.165, 1.54) is 31.6 Å². The lowest BCUT2D eigenvalue weighted by atomic mass is 10.2. The zero-order chi connectivity index (χ0) is 16.0. The Morgan fingerprint density at radius 3 is 2.68 bits per heavy atom. The van der Waals surface area contributed by atoms with Gasteiger partial charge in [-0.1, -0.05) is 0 Å². The normalized spacial score (nSPS) is 28.3. The Morgan fingerprint density at radius 1 is 1.28 bits per heavy atom. The number of nitrogens with zero attached hydrogens (tertiary/aromatic N) is 3. The fourth-order valence-corrected chi connectivity index (χ4v) is 4.56. The van der Waals surface area contributed by atoms with Crippen LogP contribution in [0.2, 0.25) is 0 Å². The van der Waals surface area contributed by atoms with Crippen LogP contribution in [-0.4, -0.2) is 55.5 Å². The molecule has 1 saturated carbocycles. The number of piperidine rings is 1. The molecule has 3 heterocycles. The summed E-state index contributed by atoms with van der Waals surface area (Å²) in [5.41, 5.74) is 2.01. The second kappa shape index (κ2) is 8.10. The average molecular weight is 412 g/mol. The van der Waals surface area contributed by atoms with Gasteiger partial charge in [-0.3, -0.25) is 9.58 Å². The predicted octanol–water partition coefficient (Wildman–Crippen LogP) is 0.447. The molecule has 1 aromatic heterocycles. The third-order valence-corrected chi connectivity index (χ3v) is 6.07. The van der Waals surface area contributed by atoms with Crippen LogP contribution in [0.3, 0.4) is 0 Å². The number of fused-ring (bicyclic) bond motifs is 2. The van der Waals surface area contributed by atoms with Crippen molar-refractivity contribution in [2.45, 2.75) is 26.1 Å². The monoisotopic (exact) mass is 411 g/mol. The molecule has 0 amide bonds. The molecule has 144 valence electrons. The van der Waals surface area contributed by atoms with Gasteiger partial charge in [-0.05, 0) is 43.3 Å². The zero-order valence-corrected chi connectivity index (χ0v) is 16.8. The van der Waals surface area contributed by atoms with Crippen molar-refractivity contribution in [3.05, 3.63) is 17.5 Å². The molecule has 4 rings (SSSR count). The molecular formula is C15H27Cl2N5O2S. The van der Waals surface area contributed by atoms with Gasteiger partial charge in [-0.25, -0.2) is 13.1 Å². The third kappa shape index (κ3) is 4.87. The largest absolute Gasteiger partial charge is 0.316 e. The Balaban J connectivity index is 0.00000113. The summed E-state index contributed by atoms with van der Waals surface area (Å²) < 4.78 is 27.0. The number of hydrogen-bond donors (Lipinski definition) is 2. The standard InChI is InChI=1S/C15H25N5O2S.2ClH/c1-23(21,22)17-6-11-5-12-9-19(3-2-4-20(12)18-11)10-15-13-7-16-8-14(13)15;;/h5,13-17H,2-4,6-10H2,1H3;2*1H/t13-,14+,15?;;. The predicted molar refractivity (Wildman–Crippen MR) is 102 cm³/mol. The zero-order valence-electron chi connectivity index (χ0n) is 14.3. The van der Waals surface area contributed by atoms with Crippen LogP contribution in [0.15, 0.2) is 6.07 Å². The molecule has 0 spiro atoms. The molecular weight excluding hydrogens is 385 g/mol. The van der Waals surface area contributed by atoms with E-state index >= 15 is 0 Å². The van der Waals surface area contributed by atoms with Crippen molar-refractivity contribution in [3.63, 3.8) is 0 Å². The lowest BCUT2D eigenvalue weighted by Crippen LogP contribution is -2.28. The molecule has 0 aromatic carbocycles. The summed E-state index contributed by atoms with van der Waals surface area (Å²) in [7, 11) is -3.17. The van der Waals surface area contributed by atoms with Crippen LogP contribution in [0.25, 0.3) is 0 Å². The number of nitrogens with one attached hydrogen (secondary N) is 2. The molecule has 25 heavy (non-hydrogen) atoms. The van der Waals surface area contributed by atoms with Crippen molar-refractivity contribution >= 4 is 34.8 Å². The highest BCUT2D eigenvalue weighted by Gasteiger charge is 2.52. The van der Waals surface area contributed by atoms with Crippen LogP contribution in [0.1, 0.15) is 17.8 Å². The molecule has 0 radical (unpaired) electrons. The fourth-order valence-electron chi connectivity index (χ4n) is 4.15. The number of sulfonamides is 1. The SMILES string of the molecule is CS(=O)(=O)NCc1cc2n(n1)CCCN(CC1[C@H]3CNC[C@@H]13)C2.Cl.Cl. The summed E-state index contributed by atoms with van der Waals surface area (Å²) >= 11 is 0. The maximum atomic E-state index is 11.2. The Hall–Kier alpha value is -0.380. The highest BCUT2D eigenvalue weighted by Crippen LogP contribution is 2.49. The van der Waals surface area contributed by atoms with E-state index in [0.29, 0.717) is 0 Å². The molecule has 2 fully saturated rings. The molecule has 1 unspecified atom stereocenters. The molecule has 0 bridgehead atoms. The van der Waals surface area contributed by atoms with Crippen molar-refractivity contribution < 1.29 is 8.42 Å². The van der Waals surface area contributed by atoms with Gasteiger partial charge in [0.05, 0.1) is 24.2 Å². The molecule has 3 aliphatic rings. The van der Waals surface area contributed by atoms with Gasteiger partial charge in [0.15, 0.2) is 0 Å². The second-order valence-corrected chi connectivity index (χ2v) is 9.01. The highest BCUT2D eigenvalue weighted by molar-refractivity contribution is 7.88. The minimum atomic E-state index is -3.17. The Labute approximate surface area is 161 Å². The molecule has 1 aromatic rings. The minimum absolute atomic E-state index is 0. The Kier molecular flexibility index (Phi) is 6.78. The lowest BCUT2D eigenvalue weighted by Gasteiger charge is -2.20. The maximum Gasteiger partial charge on any atom is 0.209 e. The summed E-state index contributed by atoms with van der Waals surface area (Å²) in [5.74, 6) is 2.67. The minimum Gasteiger partial charge on any atom is -0.316 e. The van der Waals surface area contributed by atoms with E-state index < -0.39 is 10.0 Å². The summed E-state index contributed by atoms with van der Waals surface area (Å²) in [5, 5.41) is 8.01. The average Bonchev–Trinajstić information content (AvgIpc) is 2.85. The molecule has 1 saturated heterocycles. The van der Waals surface area contributed by atoms with Crippen molar-refractivity contribution in [1.29, 1.82) is 0 Å². The number of aromatic nitrogens is 2. The van der Waals surface area contributed by atoms with E-state index in [9.17, 15) is 8.42 Å². The van der Waals surface area contributed by atoms with Crippen molar-refractivity contribution in [1.82, 2.24) is 24.7 Å². The van der Waals surface area contributed by atoms with Crippen LogP contribution in [0.5, 0.6) is 0 Å².